The molecule has 0 saturated heterocycles. The summed E-state index contributed by atoms with van der Waals surface area (Å²) in [6.45, 7) is 2.65. The van der Waals surface area contributed by atoms with Gasteiger partial charge in [-0.05, 0) is 26.0 Å². The van der Waals surface area contributed by atoms with Crippen molar-refractivity contribution in [3.05, 3.63) is 29.8 Å². The van der Waals surface area contributed by atoms with Gasteiger partial charge in [0.1, 0.15) is 12.6 Å². The average molecular weight is 344 g/mol. The number of ether oxygens (including phenoxy) is 1. The molecule has 1 aromatic rings. The molecule has 0 fully saturated rings. The highest BCUT2D eigenvalue weighted by atomic mass is 32.2. The maximum absolute atomic E-state index is 12.3. The summed E-state index contributed by atoms with van der Waals surface area (Å²) in [5, 5.41) is 11.9. The van der Waals surface area contributed by atoms with Crippen molar-refractivity contribution in [3.63, 3.8) is 0 Å². The fraction of sp³-hybridized carbons (Fsp3) is 0.429. The van der Waals surface area contributed by atoms with Gasteiger partial charge in [0, 0.05) is 0 Å². The molecule has 1 amide bonds. The Labute approximate surface area is 134 Å². The van der Waals surface area contributed by atoms with E-state index < -0.39 is 40.6 Å². The van der Waals surface area contributed by atoms with E-state index in [1.54, 1.807) is 12.1 Å². The Morgan fingerprint density at radius 2 is 1.83 bits per heavy atom. The first-order valence-electron chi connectivity index (χ1n) is 6.79. The molecule has 0 aliphatic heterocycles. The van der Waals surface area contributed by atoms with Crippen molar-refractivity contribution in [3.8, 4) is 0 Å². The summed E-state index contributed by atoms with van der Waals surface area (Å²) in [5.41, 5.74) is 0.881. The van der Waals surface area contributed by atoms with Crippen molar-refractivity contribution >= 4 is 21.9 Å². The number of carbonyl (C=O) groups excluding carboxylic acids is 2. The maximum Gasteiger partial charge on any atom is 0.325 e. The maximum atomic E-state index is 12.3. The van der Waals surface area contributed by atoms with Crippen molar-refractivity contribution < 1.29 is 27.9 Å². The van der Waals surface area contributed by atoms with Gasteiger partial charge in [0.2, 0.25) is 15.9 Å². The number of sulfonamides is 1. The number of aliphatic hydroxyl groups excluding tert-OH is 1. The molecule has 0 aromatic heterocycles. The zero-order chi connectivity index (χ0) is 17.6. The Bertz CT molecular complexity index is 654. The third-order valence-electron chi connectivity index (χ3n) is 3.01. The molecule has 2 atom stereocenters. The van der Waals surface area contributed by atoms with E-state index >= 15 is 0 Å². The lowest BCUT2D eigenvalue weighted by Crippen LogP contribution is -2.53. The largest absolute Gasteiger partial charge is 0.468 e. The second-order valence-electron chi connectivity index (χ2n) is 4.95. The number of rotatable bonds is 7. The molecular weight excluding hydrogens is 324 g/mol. The predicted molar refractivity (Wildman–Crippen MR) is 82.0 cm³/mol. The summed E-state index contributed by atoms with van der Waals surface area (Å²) in [7, 11) is -2.84. The standard InChI is InChI=1S/C14H20N2O6S/c1-9-4-6-11(7-5-9)23(20,21)16-13(10(2)17)14(19)15-8-12(18)22-3/h4-7,10,13,16-17H,8H2,1-3H3,(H,15,19). The van der Waals surface area contributed by atoms with Gasteiger partial charge in [0.15, 0.2) is 0 Å². The summed E-state index contributed by atoms with van der Waals surface area (Å²) in [6, 6.07) is 4.57. The van der Waals surface area contributed by atoms with E-state index in [1.807, 2.05) is 6.92 Å². The molecule has 3 N–H and O–H groups in total. The topological polar surface area (TPSA) is 122 Å². The van der Waals surface area contributed by atoms with E-state index in [2.05, 4.69) is 14.8 Å². The van der Waals surface area contributed by atoms with Gasteiger partial charge in [0.05, 0.1) is 18.1 Å². The summed E-state index contributed by atoms with van der Waals surface area (Å²) >= 11 is 0. The van der Waals surface area contributed by atoms with Crippen molar-refractivity contribution in [1.29, 1.82) is 0 Å². The molecule has 0 aliphatic carbocycles. The highest BCUT2D eigenvalue weighted by Gasteiger charge is 2.29. The molecule has 0 saturated carbocycles. The van der Waals surface area contributed by atoms with Crippen LogP contribution in [0.3, 0.4) is 0 Å². The Balaban J connectivity index is 2.88. The van der Waals surface area contributed by atoms with Gasteiger partial charge in [0.25, 0.3) is 0 Å². The summed E-state index contributed by atoms with van der Waals surface area (Å²) in [6.07, 6.45) is -1.30. The second-order valence-corrected chi connectivity index (χ2v) is 6.66. The van der Waals surface area contributed by atoms with Crippen molar-refractivity contribution in [2.24, 2.45) is 0 Å². The van der Waals surface area contributed by atoms with Crippen LogP contribution in [0, 0.1) is 6.92 Å². The Morgan fingerprint density at radius 1 is 1.26 bits per heavy atom. The molecule has 0 aliphatic rings. The van der Waals surface area contributed by atoms with Crippen LogP contribution < -0.4 is 10.0 Å². The molecule has 2 unspecified atom stereocenters. The highest BCUT2D eigenvalue weighted by Crippen LogP contribution is 2.11. The Hall–Kier alpha value is -1.97. The number of amides is 1. The Morgan fingerprint density at radius 3 is 2.30 bits per heavy atom. The Kier molecular flexibility index (Phi) is 6.67. The first-order valence-corrected chi connectivity index (χ1v) is 8.27. The third-order valence-corrected chi connectivity index (χ3v) is 4.47. The lowest BCUT2D eigenvalue weighted by molar-refractivity contribution is -0.141. The lowest BCUT2D eigenvalue weighted by atomic mass is 10.2. The van der Waals surface area contributed by atoms with E-state index in [0.29, 0.717) is 0 Å². The summed E-state index contributed by atoms with van der Waals surface area (Å²) in [4.78, 5) is 22.9. The molecule has 0 bridgehead atoms. The summed E-state index contributed by atoms with van der Waals surface area (Å²) < 4.78 is 31.0. The van der Waals surface area contributed by atoms with E-state index in [1.165, 1.54) is 19.1 Å². The number of methoxy groups -OCH3 is 1. The van der Waals surface area contributed by atoms with Crippen molar-refractivity contribution in [1.82, 2.24) is 10.0 Å². The van der Waals surface area contributed by atoms with Gasteiger partial charge in [-0.2, -0.15) is 4.72 Å². The van der Waals surface area contributed by atoms with Gasteiger partial charge in [-0.3, -0.25) is 9.59 Å². The van der Waals surface area contributed by atoms with Crippen LogP contribution in [0.1, 0.15) is 12.5 Å². The van der Waals surface area contributed by atoms with Crippen LogP contribution in [0.2, 0.25) is 0 Å². The number of aryl methyl sites for hydroxylation is 1. The van der Waals surface area contributed by atoms with Crippen molar-refractivity contribution in [2.45, 2.75) is 30.9 Å². The molecule has 1 rings (SSSR count). The minimum atomic E-state index is -4.00. The van der Waals surface area contributed by atoms with Gasteiger partial charge in [-0.25, -0.2) is 8.42 Å². The molecule has 1 aromatic carbocycles. The smallest absolute Gasteiger partial charge is 0.325 e. The molecule has 0 radical (unpaired) electrons. The predicted octanol–water partition coefficient (Wildman–Crippen LogP) is -0.688. The van der Waals surface area contributed by atoms with Crippen LogP contribution in [-0.4, -0.2) is 51.2 Å². The number of hydrogen-bond donors (Lipinski definition) is 3. The number of benzene rings is 1. The first-order chi connectivity index (χ1) is 10.7. The third kappa shape index (κ3) is 5.62. The number of esters is 1. The number of hydrogen-bond acceptors (Lipinski definition) is 6. The van der Waals surface area contributed by atoms with Gasteiger partial charge in [-0.1, -0.05) is 17.7 Å². The molecule has 128 valence electrons. The zero-order valence-electron chi connectivity index (χ0n) is 13.1. The van der Waals surface area contributed by atoms with E-state index in [-0.39, 0.29) is 4.90 Å². The van der Waals surface area contributed by atoms with Gasteiger partial charge in [-0.15, -0.1) is 0 Å². The number of nitrogens with one attached hydrogen (secondary N) is 2. The average Bonchev–Trinajstić information content (AvgIpc) is 2.50. The minimum Gasteiger partial charge on any atom is -0.468 e. The van der Waals surface area contributed by atoms with Crippen LogP contribution in [0.15, 0.2) is 29.2 Å². The number of aliphatic hydroxyl groups is 1. The molecule has 23 heavy (non-hydrogen) atoms. The quantitative estimate of drug-likeness (QED) is 0.563. The van der Waals surface area contributed by atoms with Crippen molar-refractivity contribution in [2.75, 3.05) is 13.7 Å². The number of carbonyl (C=O) groups is 2. The van der Waals surface area contributed by atoms with Crippen LogP contribution in [0.25, 0.3) is 0 Å². The SMILES string of the molecule is COC(=O)CNC(=O)C(NS(=O)(=O)c1ccc(C)cc1)C(C)O. The van der Waals surface area contributed by atoms with Crippen LogP contribution in [0.4, 0.5) is 0 Å². The van der Waals surface area contributed by atoms with Crippen LogP contribution in [-0.2, 0) is 24.3 Å². The summed E-state index contributed by atoms with van der Waals surface area (Å²) in [5.74, 6) is -1.52. The van der Waals surface area contributed by atoms with Crippen LogP contribution in [0.5, 0.6) is 0 Å². The molecule has 0 spiro atoms. The fourth-order valence-corrected chi connectivity index (χ4v) is 2.93. The monoisotopic (exact) mass is 344 g/mol. The van der Waals surface area contributed by atoms with Gasteiger partial charge >= 0.3 is 5.97 Å². The normalized spacial score (nSPS) is 13.9. The molecule has 0 heterocycles. The van der Waals surface area contributed by atoms with E-state index in [0.717, 1.165) is 12.7 Å². The minimum absolute atomic E-state index is 0.0329. The molecular formula is C14H20N2O6S. The molecule has 8 nitrogen and oxygen atoms in total. The zero-order valence-corrected chi connectivity index (χ0v) is 13.9. The van der Waals surface area contributed by atoms with E-state index in [4.69, 9.17) is 0 Å². The fourth-order valence-electron chi connectivity index (χ4n) is 1.67. The van der Waals surface area contributed by atoms with E-state index in [9.17, 15) is 23.1 Å². The molecule has 9 heteroatoms. The highest BCUT2D eigenvalue weighted by molar-refractivity contribution is 7.89. The van der Waals surface area contributed by atoms with Crippen LogP contribution >= 0.6 is 0 Å². The van der Waals surface area contributed by atoms with Gasteiger partial charge < -0.3 is 15.2 Å². The first kappa shape index (κ1) is 19.1. The lowest BCUT2D eigenvalue weighted by Gasteiger charge is -2.20. The second kappa shape index (κ2) is 8.04.